The number of aryl methyl sites for hydroxylation is 2. The van der Waals surface area contributed by atoms with Gasteiger partial charge in [0.05, 0.1) is 6.20 Å². The van der Waals surface area contributed by atoms with Gasteiger partial charge < -0.3 is 15.3 Å². The van der Waals surface area contributed by atoms with Gasteiger partial charge in [-0.05, 0) is 62.4 Å². The summed E-state index contributed by atoms with van der Waals surface area (Å²) in [4.78, 5) is 11.7. The largest absolute Gasteiger partial charge is 0.508 e. The van der Waals surface area contributed by atoms with E-state index in [0.717, 1.165) is 43.1 Å². The van der Waals surface area contributed by atoms with Crippen molar-refractivity contribution < 1.29 is 5.11 Å². The third kappa shape index (κ3) is 2.96. The number of phenols is 1. The molecule has 1 aromatic carbocycles. The van der Waals surface area contributed by atoms with Gasteiger partial charge in [0, 0.05) is 41.6 Å². The molecule has 5 rings (SSSR count). The predicted molar refractivity (Wildman–Crippen MR) is 108 cm³/mol. The van der Waals surface area contributed by atoms with Gasteiger partial charge in [-0.2, -0.15) is 10.1 Å². The topological polar surface area (TPSA) is 90.0 Å². The summed E-state index contributed by atoms with van der Waals surface area (Å²) in [6.07, 6.45) is 6.60. The second-order valence-electron chi connectivity index (χ2n) is 7.94. The minimum Gasteiger partial charge on any atom is -0.508 e. The van der Waals surface area contributed by atoms with E-state index < -0.39 is 0 Å². The molecule has 0 bridgehead atoms. The molecule has 3 N–H and O–H groups in total. The number of aromatic amines is 1. The number of nitrogens with zero attached hydrogens (tertiary/aromatic N) is 4. The van der Waals surface area contributed by atoms with Crippen molar-refractivity contribution in [3.8, 4) is 5.75 Å². The number of H-pyrrole nitrogens is 1. The Labute approximate surface area is 163 Å². The molecule has 2 aromatic heterocycles. The normalized spacial score (nSPS) is 21.1. The smallest absolute Gasteiger partial charge is 0.229 e. The predicted octanol–water partition coefficient (Wildman–Crippen LogP) is 3.44. The van der Waals surface area contributed by atoms with Crippen molar-refractivity contribution in [3.63, 3.8) is 0 Å². The van der Waals surface area contributed by atoms with Crippen molar-refractivity contribution in [2.75, 3.05) is 23.3 Å². The second kappa shape index (κ2) is 6.51. The molecule has 7 nitrogen and oxygen atoms in total. The molecule has 1 aliphatic carbocycles. The summed E-state index contributed by atoms with van der Waals surface area (Å²) in [5.74, 6) is 1.78. The molecule has 1 aliphatic heterocycles. The Kier molecular flexibility index (Phi) is 3.96. The molecule has 1 unspecified atom stereocenters. The molecule has 0 radical (unpaired) electrons. The third-order valence-electron chi connectivity index (χ3n) is 5.99. The zero-order valence-electron chi connectivity index (χ0n) is 15.9. The molecule has 28 heavy (non-hydrogen) atoms. The van der Waals surface area contributed by atoms with Gasteiger partial charge in [-0.1, -0.05) is 0 Å². The first-order chi connectivity index (χ1) is 13.6. The molecule has 7 heteroatoms. The van der Waals surface area contributed by atoms with Crippen molar-refractivity contribution >= 4 is 17.5 Å². The number of piperidine rings is 1. The van der Waals surface area contributed by atoms with Crippen molar-refractivity contribution in [3.05, 3.63) is 53.5 Å². The second-order valence-corrected chi connectivity index (χ2v) is 7.94. The van der Waals surface area contributed by atoms with E-state index in [-0.39, 0.29) is 11.2 Å². The monoisotopic (exact) mass is 376 g/mol. The number of hydrogen-bond acceptors (Lipinski definition) is 6. The molecule has 144 valence electrons. The first kappa shape index (κ1) is 17.0. The molecule has 0 amide bonds. The number of aromatic hydroxyl groups is 1. The van der Waals surface area contributed by atoms with Crippen molar-refractivity contribution in [1.29, 1.82) is 0 Å². The fourth-order valence-corrected chi connectivity index (χ4v) is 4.64. The molecule has 3 aromatic rings. The Morgan fingerprint density at radius 1 is 1.18 bits per heavy atom. The number of aromatic nitrogens is 4. The SMILES string of the molecule is Cc1cc(N2CCCC3(CCc4cn[nH]c43)C2)nc(Nc2ccc(O)cc2)n1. The minimum atomic E-state index is 0.160. The van der Waals surface area contributed by atoms with Crippen LogP contribution in [0.1, 0.15) is 36.2 Å². The van der Waals surface area contributed by atoms with E-state index in [9.17, 15) is 5.11 Å². The van der Waals surface area contributed by atoms with Crippen molar-refractivity contribution in [2.24, 2.45) is 0 Å². The maximum atomic E-state index is 9.46. The molecule has 0 saturated carbocycles. The van der Waals surface area contributed by atoms with Gasteiger partial charge in [0.2, 0.25) is 5.95 Å². The van der Waals surface area contributed by atoms with E-state index in [4.69, 9.17) is 4.98 Å². The highest BCUT2D eigenvalue weighted by Gasteiger charge is 2.43. The summed E-state index contributed by atoms with van der Waals surface area (Å²) in [6.45, 7) is 3.95. The molecule has 3 heterocycles. The van der Waals surface area contributed by atoms with E-state index in [1.165, 1.54) is 24.1 Å². The van der Waals surface area contributed by atoms with Crippen LogP contribution in [0, 0.1) is 6.92 Å². The van der Waals surface area contributed by atoms with Crippen LogP contribution < -0.4 is 10.2 Å². The highest BCUT2D eigenvalue weighted by Crippen LogP contribution is 2.44. The lowest BCUT2D eigenvalue weighted by Crippen LogP contribution is -2.45. The Morgan fingerprint density at radius 2 is 2.04 bits per heavy atom. The number of phenolic OH excluding ortho intramolecular Hbond substituents is 1. The van der Waals surface area contributed by atoms with Crippen LogP contribution in [0.15, 0.2) is 36.5 Å². The van der Waals surface area contributed by atoms with Crippen LogP contribution in [-0.2, 0) is 11.8 Å². The Hall–Kier alpha value is -3.09. The maximum absolute atomic E-state index is 9.46. The highest BCUT2D eigenvalue weighted by atomic mass is 16.3. The Bertz CT molecular complexity index is 998. The molecular formula is C21H24N6O. The number of hydrogen-bond donors (Lipinski definition) is 3. The minimum absolute atomic E-state index is 0.160. The molecular weight excluding hydrogens is 352 g/mol. The lowest BCUT2D eigenvalue weighted by atomic mass is 9.77. The number of rotatable bonds is 3. The van der Waals surface area contributed by atoms with Crippen LogP contribution in [0.5, 0.6) is 5.75 Å². The van der Waals surface area contributed by atoms with Crippen LogP contribution in [-0.4, -0.2) is 38.4 Å². The fraction of sp³-hybridized carbons (Fsp3) is 0.381. The molecule has 1 fully saturated rings. The average molecular weight is 376 g/mol. The standard InChI is InChI=1S/C21H24N6O/c1-14-11-18(25-20(23-14)24-16-3-5-17(28)6-4-16)27-10-2-8-21(13-27)9-7-15-12-22-26-19(15)21/h3-6,11-12,28H,2,7-10,13H2,1H3,(H,22,26)(H,23,24,25). The van der Waals surface area contributed by atoms with E-state index in [0.29, 0.717) is 5.95 Å². The van der Waals surface area contributed by atoms with Gasteiger partial charge >= 0.3 is 0 Å². The van der Waals surface area contributed by atoms with Gasteiger partial charge in [-0.25, -0.2) is 4.98 Å². The summed E-state index contributed by atoms with van der Waals surface area (Å²) in [6, 6.07) is 8.98. The van der Waals surface area contributed by atoms with E-state index in [1.807, 2.05) is 25.3 Å². The summed E-state index contributed by atoms with van der Waals surface area (Å²) in [5.41, 5.74) is 4.63. The van der Waals surface area contributed by atoms with Gasteiger partial charge in [-0.15, -0.1) is 0 Å². The van der Waals surface area contributed by atoms with Crippen LogP contribution in [0.2, 0.25) is 0 Å². The summed E-state index contributed by atoms with van der Waals surface area (Å²) in [5, 5.41) is 20.3. The highest BCUT2D eigenvalue weighted by molar-refractivity contribution is 5.57. The zero-order valence-corrected chi connectivity index (χ0v) is 15.9. The van der Waals surface area contributed by atoms with Crippen LogP contribution in [0.4, 0.5) is 17.5 Å². The lowest BCUT2D eigenvalue weighted by molar-refractivity contribution is 0.331. The Morgan fingerprint density at radius 3 is 2.89 bits per heavy atom. The van der Waals surface area contributed by atoms with Crippen LogP contribution in [0.3, 0.4) is 0 Å². The summed E-state index contributed by atoms with van der Waals surface area (Å²) < 4.78 is 0. The maximum Gasteiger partial charge on any atom is 0.229 e. The average Bonchev–Trinajstić information content (AvgIpc) is 3.28. The zero-order chi connectivity index (χ0) is 19.1. The Balaban J connectivity index is 1.41. The number of benzene rings is 1. The molecule has 1 spiro atoms. The summed E-state index contributed by atoms with van der Waals surface area (Å²) >= 11 is 0. The first-order valence-corrected chi connectivity index (χ1v) is 9.81. The van der Waals surface area contributed by atoms with E-state index in [1.54, 1.807) is 12.1 Å². The molecule has 1 saturated heterocycles. The van der Waals surface area contributed by atoms with E-state index in [2.05, 4.69) is 31.5 Å². The van der Waals surface area contributed by atoms with Crippen LogP contribution in [0.25, 0.3) is 0 Å². The van der Waals surface area contributed by atoms with Crippen molar-refractivity contribution in [2.45, 2.75) is 38.0 Å². The van der Waals surface area contributed by atoms with Gasteiger partial charge in [0.15, 0.2) is 0 Å². The molecule has 1 atom stereocenters. The number of anilines is 3. The quantitative estimate of drug-likeness (QED) is 0.607. The van der Waals surface area contributed by atoms with Gasteiger partial charge in [0.1, 0.15) is 11.6 Å². The van der Waals surface area contributed by atoms with Gasteiger partial charge in [0.25, 0.3) is 0 Å². The number of fused-ring (bicyclic) bond motifs is 2. The lowest BCUT2D eigenvalue weighted by Gasteiger charge is -2.41. The third-order valence-corrected chi connectivity index (χ3v) is 5.99. The number of nitrogens with one attached hydrogen (secondary N) is 2. The van der Waals surface area contributed by atoms with Crippen LogP contribution >= 0.6 is 0 Å². The fourth-order valence-electron chi connectivity index (χ4n) is 4.64. The van der Waals surface area contributed by atoms with Gasteiger partial charge in [-0.3, -0.25) is 5.10 Å². The first-order valence-electron chi connectivity index (χ1n) is 9.81. The molecule has 2 aliphatic rings. The summed E-state index contributed by atoms with van der Waals surface area (Å²) in [7, 11) is 0. The van der Waals surface area contributed by atoms with Crippen molar-refractivity contribution in [1.82, 2.24) is 20.2 Å². The van der Waals surface area contributed by atoms with E-state index >= 15 is 0 Å².